The Morgan fingerprint density at radius 2 is 2.06 bits per heavy atom. The summed E-state index contributed by atoms with van der Waals surface area (Å²) in [6.45, 7) is 1.18. The number of amides is 1. The molecule has 0 spiro atoms. The Balaban J connectivity index is 2.98. The van der Waals surface area contributed by atoms with Crippen LogP contribution < -0.4 is 11.5 Å². The largest absolute Gasteiger partial charge is 0.380 e. The van der Waals surface area contributed by atoms with Crippen LogP contribution in [0.2, 0.25) is 0 Å². The molecule has 1 aromatic carbocycles. The van der Waals surface area contributed by atoms with Gasteiger partial charge in [-0.1, -0.05) is 23.4 Å². The van der Waals surface area contributed by atoms with E-state index in [1.54, 1.807) is 12.1 Å². The van der Waals surface area contributed by atoms with Crippen molar-refractivity contribution >= 4 is 17.7 Å². The highest BCUT2D eigenvalue weighted by Gasteiger charge is 2.14. The Morgan fingerprint density at radius 1 is 1.39 bits per heavy atom. The monoisotopic (exact) mass is 251 g/mol. The molecule has 0 radical (unpaired) electrons. The van der Waals surface area contributed by atoms with E-state index >= 15 is 0 Å². The van der Waals surface area contributed by atoms with Crippen molar-refractivity contribution in [3.8, 4) is 0 Å². The predicted molar refractivity (Wildman–Crippen MR) is 63.1 cm³/mol. The van der Waals surface area contributed by atoms with Gasteiger partial charge in [-0.3, -0.25) is 4.79 Å². The number of hydrogen-bond acceptors (Lipinski definition) is 5. The van der Waals surface area contributed by atoms with Crippen molar-refractivity contribution in [3.05, 3.63) is 35.4 Å². The number of aliphatic hydroxyl groups is 1. The molecule has 0 saturated heterocycles. The molecule has 1 atom stereocenters. The summed E-state index contributed by atoms with van der Waals surface area (Å²) in [5, 5.41) is 12.9. The minimum Gasteiger partial charge on any atom is -0.380 e. The van der Waals surface area contributed by atoms with Gasteiger partial charge in [-0.15, -0.1) is 0 Å². The highest BCUT2D eigenvalue weighted by molar-refractivity contribution is 5.97. The number of nitrogens with zero attached hydrogens (tertiary/aromatic N) is 1. The number of nitrogens with two attached hydrogens (primary N) is 2. The molecule has 0 heterocycles. The van der Waals surface area contributed by atoms with E-state index in [-0.39, 0.29) is 11.4 Å². The molecule has 5 N–H and O–H groups in total. The molecule has 7 heteroatoms. The molecule has 0 aliphatic rings. The molecule has 1 unspecified atom stereocenters. The SMILES string of the molecule is CC(=O)ON=C(N)c1cccc(C(O)C(N)=O)c1. The topological polar surface area (TPSA) is 128 Å². The molecule has 0 aliphatic carbocycles. The van der Waals surface area contributed by atoms with Crippen molar-refractivity contribution in [3.63, 3.8) is 0 Å². The van der Waals surface area contributed by atoms with E-state index in [9.17, 15) is 14.7 Å². The van der Waals surface area contributed by atoms with E-state index in [1.807, 2.05) is 0 Å². The summed E-state index contributed by atoms with van der Waals surface area (Å²) >= 11 is 0. The third-order valence-electron chi connectivity index (χ3n) is 2.04. The highest BCUT2D eigenvalue weighted by Crippen LogP contribution is 2.14. The fourth-order valence-corrected chi connectivity index (χ4v) is 1.20. The summed E-state index contributed by atoms with van der Waals surface area (Å²) < 4.78 is 0. The van der Waals surface area contributed by atoms with Crippen molar-refractivity contribution in [2.24, 2.45) is 16.6 Å². The lowest BCUT2D eigenvalue weighted by atomic mass is 10.1. The van der Waals surface area contributed by atoms with E-state index in [0.29, 0.717) is 5.56 Å². The summed E-state index contributed by atoms with van der Waals surface area (Å²) in [6.07, 6.45) is -1.42. The summed E-state index contributed by atoms with van der Waals surface area (Å²) in [4.78, 5) is 25.8. The average molecular weight is 251 g/mol. The van der Waals surface area contributed by atoms with Gasteiger partial charge in [0.2, 0.25) is 0 Å². The smallest absolute Gasteiger partial charge is 0.332 e. The van der Waals surface area contributed by atoms with Crippen molar-refractivity contribution in [2.45, 2.75) is 13.0 Å². The Kier molecular flexibility index (Phi) is 4.39. The van der Waals surface area contributed by atoms with Gasteiger partial charge in [0.15, 0.2) is 11.9 Å². The molecule has 0 saturated carbocycles. The normalized spacial score (nSPS) is 12.9. The van der Waals surface area contributed by atoms with Crippen molar-refractivity contribution in [1.82, 2.24) is 0 Å². The first-order valence-electron chi connectivity index (χ1n) is 5.00. The number of benzene rings is 1. The van der Waals surface area contributed by atoms with Crippen LogP contribution in [0.1, 0.15) is 24.2 Å². The fraction of sp³-hybridized carbons (Fsp3) is 0.182. The fourth-order valence-electron chi connectivity index (χ4n) is 1.20. The zero-order chi connectivity index (χ0) is 13.7. The van der Waals surface area contributed by atoms with Crippen LogP contribution in [-0.4, -0.2) is 22.8 Å². The van der Waals surface area contributed by atoms with Crippen LogP contribution in [0.4, 0.5) is 0 Å². The van der Waals surface area contributed by atoms with E-state index in [0.717, 1.165) is 0 Å². The molecule has 7 nitrogen and oxygen atoms in total. The van der Waals surface area contributed by atoms with Gasteiger partial charge in [-0.2, -0.15) is 0 Å². The Morgan fingerprint density at radius 3 is 2.61 bits per heavy atom. The van der Waals surface area contributed by atoms with Crippen molar-refractivity contribution < 1.29 is 19.5 Å². The van der Waals surface area contributed by atoms with Gasteiger partial charge in [0.25, 0.3) is 5.91 Å². The number of carbonyl (C=O) groups is 2. The number of oxime groups is 1. The van der Waals surface area contributed by atoms with E-state index < -0.39 is 18.0 Å². The maximum atomic E-state index is 10.8. The summed E-state index contributed by atoms with van der Waals surface area (Å²) in [5.74, 6) is -1.53. The number of amidine groups is 1. The quantitative estimate of drug-likeness (QED) is 0.284. The molecular weight excluding hydrogens is 238 g/mol. The molecule has 0 bridgehead atoms. The lowest BCUT2D eigenvalue weighted by Crippen LogP contribution is -2.21. The number of primary amides is 1. The van der Waals surface area contributed by atoms with Gasteiger partial charge in [0.1, 0.15) is 0 Å². The zero-order valence-electron chi connectivity index (χ0n) is 9.66. The molecule has 96 valence electrons. The number of carbonyl (C=O) groups excluding carboxylic acids is 2. The third-order valence-corrected chi connectivity index (χ3v) is 2.04. The lowest BCUT2D eigenvalue weighted by molar-refractivity contribution is -0.140. The molecule has 1 aromatic rings. The molecule has 0 aliphatic heterocycles. The summed E-state index contributed by atoms with van der Waals surface area (Å²) in [7, 11) is 0. The Labute approximate surface area is 103 Å². The number of hydrogen-bond donors (Lipinski definition) is 3. The number of aliphatic hydroxyl groups excluding tert-OH is 1. The zero-order valence-corrected chi connectivity index (χ0v) is 9.66. The molecule has 1 rings (SSSR count). The van der Waals surface area contributed by atoms with E-state index in [4.69, 9.17) is 11.5 Å². The van der Waals surface area contributed by atoms with Crippen LogP contribution in [0.25, 0.3) is 0 Å². The standard InChI is InChI=1S/C11H13N3O4/c1-6(15)18-14-10(12)8-4-2-3-7(5-8)9(16)11(13)17/h2-5,9,16H,1H3,(H2,12,14)(H2,13,17). The molecule has 0 aromatic heterocycles. The van der Waals surface area contributed by atoms with Gasteiger partial charge in [0, 0.05) is 12.5 Å². The van der Waals surface area contributed by atoms with Gasteiger partial charge < -0.3 is 21.4 Å². The van der Waals surface area contributed by atoms with Crippen LogP contribution in [0.3, 0.4) is 0 Å². The first-order chi connectivity index (χ1) is 8.41. The summed E-state index contributed by atoms with van der Waals surface area (Å²) in [6, 6.07) is 6.09. The van der Waals surface area contributed by atoms with E-state index in [2.05, 4.69) is 9.99 Å². The second-order valence-corrected chi connectivity index (χ2v) is 3.49. The van der Waals surface area contributed by atoms with Gasteiger partial charge in [0.05, 0.1) is 0 Å². The molecule has 1 amide bonds. The van der Waals surface area contributed by atoms with Crippen molar-refractivity contribution in [1.29, 1.82) is 0 Å². The van der Waals surface area contributed by atoms with Crippen LogP contribution in [0, 0.1) is 0 Å². The van der Waals surface area contributed by atoms with Crippen LogP contribution in [0.15, 0.2) is 29.4 Å². The second kappa shape index (κ2) is 5.78. The Bertz CT molecular complexity index is 499. The number of rotatable bonds is 4. The van der Waals surface area contributed by atoms with Gasteiger partial charge in [-0.25, -0.2) is 4.79 Å². The van der Waals surface area contributed by atoms with Crippen LogP contribution >= 0.6 is 0 Å². The van der Waals surface area contributed by atoms with Gasteiger partial charge >= 0.3 is 5.97 Å². The Hall–Kier alpha value is -2.41. The summed E-state index contributed by atoms with van der Waals surface area (Å²) in [5.41, 5.74) is 11.2. The maximum absolute atomic E-state index is 10.8. The second-order valence-electron chi connectivity index (χ2n) is 3.49. The predicted octanol–water partition coefficient (Wildman–Crippen LogP) is -0.611. The van der Waals surface area contributed by atoms with E-state index in [1.165, 1.54) is 19.1 Å². The maximum Gasteiger partial charge on any atom is 0.332 e. The van der Waals surface area contributed by atoms with Crippen molar-refractivity contribution in [2.75, 3.05) is 0 Å². The molecule has 0 fully saturated rings. The minimum atomic E-state index is -1.42. The first kappa shape index (κ1) is 13.7. The third kappa shape index (κ3) is 3.56. The minimum absolute atomic E-state index is 0.0521. The van der Waals surface area contributed by atoms with Crippen LogP contribution in [-0.2, 0) is 14.4 Å². The lowest BCUT2D eigenvalue weighted by Gasteiger charge is -2.08. The molecular formula is C11H13N3O4. The van der Waals surface area contributed by atoms with Gasteiger partial charge in [-0.05, 0) is 11.6 Å². The van der Waals surface area contributed by atoms with Crippen LogP contribution in [0.5, 0.6) is 0 Å². The highest BCUT2D eigenvalue weighted by atomic mass is 16.7. The average Bonchev–Trinajstić information content (AvgIpc) is 2.34. The molecule has 18 heavy (non-hydrogen) atoms. The first-order valence-corrected chi connectivity index (χ1v) is 5.00.